The predicted octanol–water partition coefficient (Wildman–Crippen LogP) is 5.64. The predicted molar refractivity (Wildman–Crippen MR) is 77.5 cm³/mol. The van der Waals surface area contributed by atoms with Crippen LogP contribution in [0.3, 0.4) is 0 Å². The Bertz CT molecular complexity index is 651. The second-order valence-electron chi connectivity index (χ2n) is 5.01. The van der Waals surface area contributed by atoms with Gasteiger partial charge in [-0.2, -0.15) is 28.0 Å². The molecule has 20 heavy (non-hydrogen) atoms. The number of thiol groups is 1. The number of hydrogen-bond acceptors (Lipinski definition) is 7. The maximum atomic E-state index is 7.38. The van der Waals surface area contributed by atoms with Gasteiger partial charge in [-0.1, -0.05) is 0 Å². The molecule has 0 saturated heterocycles. The first-order chi connectivity index (χ1) is 9.71. The van der Waals surface area contributed by atoms with Crippen LogP contribution in [0.2, 0.25) is 0 Å². The average Bonchev–Trinajstić information content (AvgIpc) is 2.75. The van der Waals surface area contributed by atoms with Crippen LogP contribution in [0.25, 0.3) is 5.57 Å². The molecule has 1 aromatic rings. The Labute approximate surface area is 121 Å². The van der Waals surface area contributed by atoms with Crippen molar-refractivity contribution in [2.75, 3.05) is 0 Å². The molecule has 0 fully saturated rings. The van der Waals surface area contributed by atoms with Crippen LogP contribution in [0.5, 0.6) is 0 Å². The van der Waals surface area contributed by atoms with Crippen molar-refractivity contribution in [1.82, 2.24) is 0 Å². The molecular weight excluding hydrogens is 272 g/mol. The van der Waals surface area contributed by atoms with E-state index in [4.69, 9.17) is 16.6 Å². The molecule has 0 aliphatic heterocycles. The summed E-state index contributed by atoms with van der Waals surface area (Å²) in [5, 5.41) is 10.8. The lowest BCUT2D eigenvalue weighted by molar-refractivity contribution is 0.752. The number of nitrogens with zero attached hydrogens (tertiary/aromatic N) is 3. The largest absolute Gasteiger partial charge is 0.209 e. The third kappa shape index (κ3) is 1.73. The van der Waals surface area contributed by atoms with Gasteiger partial charge in [0.2, 0.25) is 0 Å². The second kappa shape index (κ2) is 4.90. The Kier molecular flexibility index (Phi) is 3.21. The molecule has 0 spiro atoms. The summed E-state index contributed by atoms with van der Waals surface area (Å²) >= 11 is 4.65. The third-order valence-corrected chi connectivity index (χ3v) is 4.49. The second-order valence-corrected chi connectivity index (χ2v) is 5.64. The van der Waals surface area contributed by atoms with Crippen molar-refractivity contribution < 1.29 is 0 Å². The molecule has 1 aromatic carbocycles. The fourth-order valence-corrected chi connectivity index (χ4v) is 3.60. The SMILES string of the molecule is N=Nc1cc(N=N)c2c3c1C(S)CCCC3=CC2N=N. The first kappa shape index (κ1) is 13.1. The van der Waals surface area contributed by atoms with Crippen molar-refractivity contribution in [3.05, 3.63) is 28.8 Å². The molecule has 6 nitrogen and oxygen atoms in total. The molecule has 0 aromatic heterocycles. The first-order valence-corrected chi connectivity index (χ1v) is 6.94. The molecule has 0 bridgehead atoms. The zero-order valence-electron chi connectivity index (χ0n) is 10.7. The topological polar surface area (TPSA) is 109 Å². The van der Waals surface area contributed by atoms with Crippen molar-refractivity contribution >= 4 is 29.6 Å². The van der Waals surface area contributed by atoms with Gasteiger partial charge in [0.1, 0.15) is 6.04 Å². The summed E-state index contributed by atoms with van der Waals surface area (Å²) in [6.45, 7) is 0. The Hall–Kier alpha value is -1.89. The monoisotopic (exact) mass is 286 g/mol. The van der Waals surface area contributed by atoms with E-state index < -0.39 is 0 Å². The number of benzene rings is 1. The van der Waals surface area contributed by atoms with Crippen molar-refractivity contribution in [3.8, 4) is 0 Å². The lowest BCUT2D eigenvalue weighted by atomic mass is 9.93. The quantitative estimate of drug-likeness (QED) is 0.407. The smallest absolute Gasteiger partial charge is 0.117 e. The molecule has 2 aliphatic rings. The fourth-order valence-electron chi connectivity index (χ4n) is 3.15. The normalized spacial score (nSPS) is 23.6. The van der Waals surface area contributed by atoms with E-state index in [1.807, 2.05) is 6.08 Å². The Morgan fingerprint density at radius 3 is 2.45 bits per heavy atom. The first-order valence-electron chi connectivity index (χ1n) is 6.42. The van der Waals surface area contributed by atoms with Crippen molar-refractivity contribution in [1.29, 1.82) is 16.6 Å². The number of allylic oxidation sites excluding steroid dienone is 1. The summed E-state index contributed by atoms with van der Waals surface area (Å²) in [4.78, 5) is 0. The Balaban J connectivity index is 2.39. The molecule has 0 heterocycles. The minimum Gasteiger partial charge on any atom is -0.209 e. The van der Waals surface area contributed by atoms with Gasteiger partial charge in [-0.05, 0) is 42.5 Å². The standard InChI is InChI=1S/C13H14N6S/c14-17-7-4-6-2-1-3-10(20)13-9(19-16)5-8(18-15)12(7)11(6)13/h4-5,7,10,14-16,20H,1-3H2. The minimum absolute atomic E-state index is 0.0167. The van der Waals surface area contributed by atoms with Gasteiger partial charge in [0.15, 0.2) is 0 Å². The van der Waals surface area contributed by atoms with Crippen LogP contribution in [0.15, 0.2) is 27.5 Å². The maximum absolute atomic E-state index is 7.38. The van der Waals surface area contributed by atoms with E-state index in [1.165, 1.54) is 0 Å². The van der Waals surface area contributed by atoms with Crippen LogP contribution in [0, 0.1) is 16.6 Å². The van der Waals surface area contributed by atoms with Gasteiger partial charge in [-0.3, -0.25) is 0 Å². The molecule has 3 N–H and O–H groups in total. The van der Waals surface area contributed by atoms with E-state index >= 15 is 0 Å². The maximum Gasteiger partial charge on any atom is 0.117 e. The fraction of sp³-hybridized carbons (Fsp3) is 0.385. The van der Waals surface area contributed by atoms with Gasteiger partial charge in [-0.25, -0.2) is 16.6 Å². The van der Waals surface area contributed by atoms with Crippen LogP contribution < -0.4 is 0 Å². The molecule has 7 heteroatoms. The highest BCUT2D eigenvalue weighted by Crippen LogP contribution is 2.53. The molecule has 102 valence electrons. The van der Waals surface area contributed by atoms with Crippen LogP contribution in [0.4, 0.5) is 11.4 Å². The minimum atomic E-state index is -0.374. The zero-order valence-corrected chi connectivity index (χ0v) is 11.6. The molecule has 0 radical (unpaired) electrons. The van der Waals surface area contributed by atoms with E-state index in [2.05, 4.69) is 28.0 Å². The van der Waals surface area contributed by atoms with Gasteiger partial charge < -0.3 is 0 Å². The van der Waals surface area contributed by atoms with Gasteiger partial charge in [0, 0.05) is 16.4 Å². The van der Waals surface area contributed by atoms with E-state index in [0.29, 0.717) is 11.4 Å². The van der Waals surface area contributed by atoms with E-state index in [0.717, 1.165) is 41.5 Å². The lowest BCUT2D eigenvalue weighted by Gasteiger charge is -2.18. The highest BCUT2D eigenvalue weighted by molar-refractivity contribution is 7.80. The Morgan fingerprint density at radius 2 is 1.80 bits per heavy atom. The molecular formula is C13H14N6S. The highest BCUT2D eigenvalue weighted by Gasteiger charge is 2.34. The van der Waals surface area contributed by atoms with Gasteiger partial charge in [0.05, 0.1) is 11.4 Å². The van der Waals surface area contributed by atoms with Crippen LogP contribution in [-0.2, 0) is 0 Å². The van der Waals surface area contributed by atoms with Gasteiger partial charge >= 0.3 is 0 Å². The third-order valence-electron chi connectivity index (χ3n) is 3.98. The summed E-state index contributed by atoms with van der Waals surface area (Å²) in [7, 11) is 0. The summed E-state index contributed by atoms with van der Waals surface area (Å²) < 4.78 is 0. The number of hydrogen-bond donors (Lipinski definition) is 4. The summed E-state index contributed by atoms with van der Waals surface area (Å²) in [5.41, 5.74) is 26.9. The lowest BCUT2D eigenvalue weighted by Crippen LogP contribution is -1.98. The number of nitrogens with one attached hydrogen (secondary N) is 3. The van der Waals surface area contributed by atoms with Crippen molar-refractivity contribution in [2.24, 2.45) is 15.3 Å². The van der Waals surface area contributed by atoms with E-state index in [-0.39, 0.29) is 11.3 Å². The summed E-state index contributed by atoms with van der Waals surface area (Å²) in [5.74, 6) is 0. The summed E-state index contributed by atoms with van der Waals surface area (Å²) in [6.07, 6.45) is 4.80. The van der Waals surface area contributed by atoms with Gasteiger partial charge in [0.25, 0.3) is 0 Å². The summed E-state index contributed by atoms with van der Waals surface area (Å²) in [6, 6.07) is 1.26. The van der Waals surface area contributed by atoms with Crippen LogP contribution in [-0.4, -0.2) is 0 Å². The molecule has 3 rings (SSSR count). The van der Waals surface area contributed by atoms with Gasteiger partial charge in [-0.15, -0.1) is 0 Å². The molecule has 2 atom stereocenters. The van der Waals surface area contributed by atoms with Crippen LogP contribution >= 0.6 is 12.6 Å². The molecule has 0 saturated carbocycles. The van der Waals surface area contributed by atoms with E-state index in [9.17, 15) is 0 Å². The van der Waals surface area contributed by atoms with Crippen molar-refractivity contribution in [2.45, 2.75) is 30.6 Å². The highest BCUT2D eigenvalue weighted by atomic mass is 32.1. The molecule has 0 amide bonds. The molecule has 2 aliphatic carbocycles. The average molecular weight is 286 g/mol. The number of rotatable bonds is 3. The van der Waals surface area contributed by atoms with Crippen LogP contribution in [0.1, 0.15) is 47.2 Å². The van der Waals surface area contributed by atoms with E-state index in [1.54, 1.807) is 6.07 Å². The Morgan fingerprint density at radius 1 is 1.10 bits per heavy atom. The zero-order chi connectivity index (χ0) is 14.3. The van der Waals surface area contributed by atoms with Crippen molar-refractivity contribution in [3.63, 3.8) is 0 Å². The molecule has 2 unspecified atom stereocenters.